The summed E-state index contributed by atoms with van der Waals surface area (Å²) in [5.74, 6) is 1.87. The largest absolute Gasteiger partial charge is 0.493 e. The molecule has 28 heavy (non-hydrogen) atoms. The molecular formula is C23H29NO4. The van der Waals surface area contributed by atoms with Crippen LogP contribution >= 0.6 is 0 Å². The summed E-state index contributed by atoms with van der Waals surface area (Å²) in [7, 11) is 1.59. The molecular weight excluding hydrogens is 354 g/mol. The Morgan fingerprint density at radius 1 is 1.25 bits per heavy atom. The van der Waals surface area contributed by atoms with Gasteiger partial charge in [-0.25, -0.2) is 0 Å². The number of hydrogen-bond donors (Lipinski definition) is 1. The van der Waals surface area contributed by atoms with Gasteiger partial charge < -0.3 is 19.5 Å². The van der Waals surface area contributed by atoms with Crippen LogP contribution < -0.4 is 19.5 Å². The number of fused-ring (bicyclic) bond motifs is 1. The number of benzene rings is 2. The molecule has 2 aromatic carbocycles. The van der Waals surface area contributed by atoms with Crippen molar-refractivity contribution in [2.75, 3.05) is 7.11 Å². The Morgan fingerprint density at radius 2 is 1.96 bits per heavy atom. The van der Waals surface area contributed by atoms with Crippen molar-refractivity contribution in [3.05, 3.63) is 53.6 Å². The summed E-state index contributed by atoms with van der Waals surface area (Å²) in [5.41, 5.74) is 1.80. The van der Waals surface area contributed by atoms with E-state index in [2.05, 4.69) is 11.4 Å². The van der Waals surface area contributed by atoms with Crippen LogP contribution in [-0.2, 0) is 4.79 Å². The van der Waals surface area contributed by atoms with E-state index in [-0.39, 0.29) is 17.6 Å². The number of hydrogen-bond acceptors (Lipinski definition) is 4. The van der Waals surface area contributed by atoms with Gasteiger partial charge >= 0.3 is 0 Å². The van der Waals surface area contributed by atoms with Crippen LogP contribution in [0.1, 0.15) is 50.8 Å². The van der Waals surface area contributed by atoms with E-state index in [4.69, 9.17) is 14.2 Å². The number of para-hydroxylation sites is 2. The molecule has 0 saturated carbocycles. The molecule has 3 rings (SSSR count). The quantitative estimate of drug-likeness (QED) is 0.793. The van der Waals surface area contributed by atoms with Crippen LogP contribution in [0.5, 0.6) is 17.2 Å². The lowest BCUT2D eigenvalue weighted by Gasteiger charge is -2.38. The molecule has 2 aromatic rings. The number of carbonyl (C=O) groups is 1. The first-order chi connectivity index (χ1) is 13.3. The third kappa shape index (κ3) is 4.41. The zero-order valence-corrected chi connectivity index (χ0v) is 17.2. The normalized spacial score (nSPS) is 18.4. The maximum absolute atomic E-state index is 13.0. The SMILES string of the molecule is CC[C@H](Oc1ccccc1OC)C(=O)N[C@H]1CC(C)(C)Oc2ccc(C)cc21. The van der Waals surface area contributed by atoms with Crippen molar-refractivity contribution in [3.8, 4) is 17.2 Å². The second kappa shape index (κ2) is 8.13. The van der Waals surface area contributed by atoms with Crippen molar-refractivity contribution in [1.29, 1.82) is 0 Å². The average Bonchev–Trinajstić information content (AvgIpc) is 2.66. The van der Waals surface area contributed by atoms with Gasteiger partial charge in [-0.1, -0.05) is 36.8 Å². The van der Waals surface area contributed by atoms with Gasteiger partial charge in [-0.05, 0) is 45.4 Å². The molecule has 0 unspecified atom stereocenters. The molecule has 0 aliphatic carbocycles. The van der Waals surface area contributed by atoms with Crippen molar-refractivity contribution in [1.82, 2.24) is 5.32 Å². The van der Waals surface area contributed by atoms with Crippen LogP contribution in [0.15, 0.2) is 42.5 Å². The van der Waals surface area contributed by atoms with E-state index in [1.54, 1.807) is 7.11 Å². The van der Waals surface area contributed by atoms with E-state index in [0.29, 0.717) is 24.3 Å². The Kier molecular flexibility index (Phi) is 5.82. The number of rotatable bonds is 6. The van der Waals surface area contributed by atoms with E-state index in [0.717, 1.165) is 16.9 Å². The van der Waals surface area contributed by atoms with Gasteiger partial charge in [-0.15, -0.1) is 0 Å². The maximum Gasteiger partial charge on any atom is 0.261 e. The molecule has 1 amide bonds. The van der Waals surface area contributed by atoms with Gasteiger partial charge in [0, 0.05) is 12.0 Å². The molecule has 0 bridgehead atoms. The first kappa shape index (κ1) is 20.1. The van der Waals surface area contributed by atoms with E-state index >= 15 is 0 Å². The highest BCUT2D eigenvalue weighted by Gasteiger charge is 2.35. The maximum atomic E-state index is 13.0. The molecule has 2 atom stereocenters. The smallest absolute Gasteiger partial charge is 0.261 e. The van der Waals surface area contributed by atoms with Crippen molar-refractivity contribution in [2.24, 2.45) is 0 Å². The third-order valence-electron chi connectivity index (χ3n) is 4.94. The minimum absolute atomic E-state index is 0.124. The lowest BCUT2D eigenvalue weighted by Crippen LogP contribution is -2.45. The first-order valence-corrected chi connectivity index (χ1v) is 9.72. The van der Waals surface area contributed by atoms with E-state index in [1.807, 2.05) is 64.1 Å². The van der Waals surface area contributed by atoms with Gasteiger partial charge in [0.1, 0.15) is 11.4 Å². The second-order valence-electron chi connectivity index (χ2n) is 7.83. The second-order valence-corrected chi connectivity index (χ2v) is 7.83. The van der Waals surface area contributed by atoms with Gasteiger partial charge in [-0.3, -0.25) is 4.79 Å². The predicted molar refractivity (Wildman–Crippen MR) is 109 cm³/mol. The van der Waals surface area contributed by atoms with Crippen molar-refractivity contribution < 1.29 is 19.0 Å². The summed E-state index contributed by atoms with van der Waals surface area (Å²) in [5, 5.41) is 3.18. The monoisotopic (exact) mass is 383 g/mol. The molecule has 1 aliphatic rings. The molecule has 5 nitrogen and oxygen atoms in total. The fourth-order valence-electron chi connectivity index (χ4n) is 3.56. The highest BCUT2D eigenvalue weighted by Crippen LogP contribution is 2.40. The van der Waals surface area contributed by atoms with Crippen LogP contribution in [0, 0.1) is 6.92 Å². The molecule has 1 N–H and O–H groups in total. The molecule has 0 spiro atoms. The highest BCUT2D eigenvalue weighted by molar-refractivity contribution is 5.81. The van der Waals surface area contributed by atoms with Crippen LogP contribution in [0.4, 0.5) is 0 Å². The number of nitrogens with one attached hydrogen (secondary N) is 1. The highest BCUT2D eigenvalue weighted by atomic mass is 16.5. The number of methoxy groups -OCH3 is 1. The minimum Gasteiger partial charge on any atom is -0.493 e. The number of carbonyl (C=O) groups excluding carboxylic acids is 1. The van der Waals surface area contributed by atoms with Crippen LogP contribution in [0.3, 0.4) is 0 Å². The van der Waals surface area contributed by atoms with Crippen LogP contribution in [0.2, 0.25) is 0 Å². The third-order valence-corrected chi connectivity index (χ3v) is 4.94. The van der Waals surface area contributed by atoms with Gasteiger partial charge in [0.2, 0.25) is 0 Å². The molecule has 0 aromatic heterocycles. The minimum atomic E-state index is -0.601. The Bertz CT molecular complexity index is 846. The summed E-state index contributed by atoms with van der Waals surface area (Å²) in [6.45, 7) is 8.05. The van der Waals surface area contributed by atoms with E-state index in [9.17, 15) is 4.79 Å². The molecule has 0 saturated heterocycles. The molecule has 1 aliphatic heterocycles. The lowest BCUT2D eigenvalue weighted by molar-refractivity contribution is -0.129. The van der Waals surface area contributed by atoms with Gasteiger partial charge in [0.05, 0.1) is 13.2 Å². The Labute approximate surface area is 167 Å². The van der Waals surface area contributed by atoms with Gasteiger partial charge in [-0.2, -0.15) is 0 Å². The van der Waals surface area contributed by atoms with Crippen molar-refractivity contribution in [2.45, 2.75) is 58.3 Å². The number of aryl methyl sites for hydroxylation is 1. The molecule has 5 heteroatoms. The molecule has 0 fully saturated rings. The Hall–Kier alpha value is -2.69. The Morgan fingerprint density at radius 3 is 2.64 bits per heavy atom. The summed E-state index contributed by atoms with van der Waals surface area (Å²) in [6, 6.07) is 13.3. The lowest BCUT2D eigenvalue weighted by atomic mass is 9.88. The van der Waals surface area contributed by atoms with Gasteiger partial charge in [0.15, 0.2) is 17.6 Å². The van der Waals surface area contributed by atoms with E-state index in [1.165, 1.54) is 0 Å². The molecule has 1 heterocycles. The number of amides is 1. The summed E-state index contributed by atoms with van der Waals surface area (Å²) in [4.78, 5) is 13.0. The molecule has 0 radical (unpaired) electrons. The zero-order valence-electron chi connectivity index (χ0n) is 17.2. The van der Waals surface area contributed by atoms with E-state index < -0.39 is 6.10 Å². The topological polar surface area (TPSA) is 56.8 Å². The predicted octanol–water partition coefficient (Wildman–Crippen LogP) is 4.58. The summed E-state index contributed by atoms with van der Waals surface area (Å²) < 4.78 is 17.4. The van der Waals surface area contributed by atoms with Crippen LogP contribution in [-0.4, -0.2) is 24.7 Å². The Balaban J connectivity index is 1.80. The van der Waals surface area contributed by atoms with Crippen molar-refractivity contribution in [3.63, 3.8) is 0 Å². The average molecular weight is 383 g/mol. The standard InChI is InChI=1S/C23H29NO4/c1-6-18(27-21-10-8-7-9-20(21)26-5)22(25)24-17-14-23(3,4)28-19-12-11-15(2)13-16(17)19/h7-13,17-18H,6,14H2,1-5H3,(H,24,25)/t17-,18-/m0/s1. The van der Waals surface area contributed by atoms with Gasteiger partial charge in [0.25, 0.3) is 5.91 Å². The fraction of sp³-hybridized carbons (Fsp3) is 0.435. The van der Waals surface area contributed by atoms with Crippen molar-refractivity contribution >= 4 is 5.91 Å². The first-order valence-electron chi connectivity index (χ1n) is 9.72. The zero-order chi connectivity index (χ0) is 20.3. The van der Waals surface area contributed by atoms with Crippen LogP contribution in [0.25, 0.3) is 0 Å². The summed E-state index contributed by atoms with van der Waals surface area (Å²) in [6.07, 6.45) is 0.646. The number of ether oxygens (including phenoxy) is 3. The summed E-state index contributed by atoms with van der Waals surface area (Å²) >= 11 is 0. The molecule has 150 valence electrons. The fourth-order valence-corrected chi connectivity index (χ4v) is 3.56.